The molecule has 0 atom stereocenters. The van der Waals surface area contributed by atoms with Crippen molar-refractivity contribution in [1.29, 1.82) is 0 Å². The summed E-state index contributed by atoms with van der Waals surface area (Å²) in [5.41, 5.74) is 7.22. The molecule has 0 spiro atoms. The molecule has 0 aliphatic carbocycles. The lowest BCUT2D eigenvalue weighted by atomic mass is 10.1. The van der Waals surface area contributed by atoms with Gasteiger partial charge in [0.25, 0.3) is 10.0 Å². The van der Waals surface area contributed by atoms with Gasteiger partial charge in [-0.25, -0.2) is 12.8 Å². The molecule has 0 fully saturated rings. The van der Waals surface area contributed by atoms with E-state index in [-0.39, 0.29) is 4.90 Å². The fourth-order valence-electron chi connectivity index (χ4n) is 2.26. The van der Waals surface area contributed by atoms with Crippen LogP contribution in [0, 0.1) is 19.7 Å². The molecule has 7 heteroatoms. The Bertz CT molecular complexity index is 833. The van der Waals surface area contributed by atoms with Crippen molar-refractivity contribution in [2.75, 3.05) is 10.8 Å². The van der Waals surface area contributed by atoms with E-state index in [0.717, 1.165) is 34.1 Å². The van der Waals surface area contributed by atoms with E-state index in [1.54, 1.807) is 19.1 Å². The number of primary amides is 1. The fourth-order valence-corrected chi connectivity index (χ4v) is 3.76. The summed E-state index contributed by atoms with van der Waals surface area (Å²) in [5.74, 6) is -1.33. The number of carbonyl (C=O) groups is 1. The van der Waals surface area contributed by atoms with E-state index in [0.29, 0.717) is 11.3 Å². The Kier molecular flexibility index (Phi) is 4.70. The highest BCUT2D eigenvalue weighted by atomic mass is 32.2. The van der Waals surface area contributed by atoms with Crippen LogP contribution in [0.25, 0.3) is 0 Å². The first-order chi connectivity index (χ1) is 10.7. The second-order valence-electron chi connectivity index (χ2n) is 5.22. The molecule has 2 N–H and O–H groups in total. The number of nitrogens with two attached hydrogens (primary N) is 1. The first-order valence-corrected chi connectivity index (χ1v) is 8.29. The third-order valence-electron chi connectivity index (χ3n) is 3.32. The molecule has 0 heterocycles. The number of amides is 1. The molecule has 1 amide bonds. The van der Waals surface area contributed by atoms with Gasteiger partial charge < -0.3 is 5.73 Å². The Morgan fingerprint density at radius 3 is 2.26 bits per heavy atom. The summed E-state index contributed by atoms with van der Waals surface area (Å²) in [6.45, 7) is 3.13. The van der Waals surface area contributed by atoms with Gasteiger partial charge in [-0.2, -0.15) is 0 Å². The Morgan fingerprint density at radius 2 is 1.74 bits per heavy atom. The summed E-state index contributed by atoms with van der Waals surface area (Å²) in [6.07, 6.45) is 0. The van der Waals surface area contributed by atoms with Gasteiger partial charge >= 0.3 is 0 Å². The third-order valence-corrected chi connectivity index (χ3v) is 5.10. The predicted octanol–water partition coefficient (Wildman–Crippen LogP) is 2.12. The summed E-state index contributed by atoms with van der Waals surface area (Å²) in [7, 11) is -4.04. The average molecular weight is 336 g/mol. The molecule has 0 aromatic heterocycles. The zero-order valence-electron chi connectivity index (χ0n) is 12.8. The van der Waals surface area contributed by atoms with Gasteiger partial charge in [0, 0.05) is 0 Å². The van der Waals surface area contributed by atoms with Crippen molar-refractivity contribution >= 4 is 21.6 Å². The highest BCUT2D eigenvalue weighted by Crippen LogP contribution is 2.27. The van der Waals surface area contributed by atoms with E-state index in [1.807, 2.05) is 13.0 Å². The highest BCUT2D eigenvalue weighted by molar-refractivity contribution is 7.92. The monoisotopic (exact) mass is 336 g/mol. The molecule has 0 unspecified atom stereocenters. The first kappa shape index (κ1) is 17.0. The van der Waals surface area contributed by atoms with Crippen molar-refractivity contribution in [3.63, 3.8) is 0 Å². The summed E-state index contributed by atoms with van der Waals surface area (Å²) in [5, 5.41) is 0. The summed E-state index contributed by atoms with van der Waals surface area (Å²) in [6, 6.07) is 9.59. The number of halogens is 1. The standard InChI is InChI=1S/C16H17FN2O3S/c1-11-3-8-15(12(2)9-11)19(10-16(18)20)23(21,22)14-6-4-13(17)5-7-14/h3-9H,10H2,1-2H3,(H2,18,20). The second-order valence-corrected chi connectivity index (χ2v) is 7.08. The molecule has 23 heavy (non-hydrogen) atoms. The van der Waals surface area contributed by atoms with Crippen LogP contribution in [0.3, 0.4) is 0 Å². The van der Waals surface area contributed by atoms with Crippen LogP contribution in [0.1, 0.15) is 11.1 Å². The lowest BCUT2D eigenvalue weighted by Gasteiger charge is -2.25. The number of anilines is 1. The Balaban J connectivity index is 2.57. The van der Waals surface area contributed by atoms with E-state index in [1.165, 1.54) is 0 Å². The number of carbonyl (C=O) groups excluding carboxylic acids is 1. The van der Waals surface area contributed by atoms with Crippen LogP contribution in [0.4, 0.5) is 10.1 Å². The molecule has 122 valence electrons. The molecule has 0 saturated carbocycles. The molecule has 0 saturated heterocycles. The molecule has 5 nitrogen and oxygen atoms in total. The summed E-state index contributed by atoms with van der Waals surface area (Å²) >= 11 is 0. The van der Waals surface area contributed by atoms with E-state index in [4.69, 9.17) is 5.73 Å². The maximum absolute atomic E-state index is 13.0. The number of sulfonamides is 1. The van der Waals surface area contributed by atoms with Crippen molar-refractivity contribution < 1.29 is 17.6 Å². The Morgan fingerprint density at radius 1 is 1.13 bits per heavy atom. The molecule has 0 aliphatic rings. The smallest absolute Gasteiger partial charge is 0.264 e. The predicted molar refractivity (Wildman–Crippen MR) is 86.0 cm³/mol. The zero-order valence-corrected chi connectivity index (χ0v) is 13.6. The zero-order chi connectivity index (χ0) is 17.2. The molecular weight excluding hydrogens is 319 g/mol. The molecule has 0 aliphatic heterocycles. The lowest BCUT2D eigenvalue weighted by molar-refractivity contribution is -0.116. The third kappa shape index (κ3) is 3.68. The number of benzene rings is 2. The van der Waals surface area contributed by atoms with Crippen LogP contribution in [0.15, 0.2) is 47.4 Å². The van der Waals surface area contributed by atoms with Gasteiger partial charge in [-0.05, 0) is 49.7 Å². The molecule has 0 radical (unpaired) electrons. The van der Waals surface area contributed by atoms with E-state index in [2.05, 4.69) is 0 Å². The van der Waals surface area contributed by atoms with Gasteiger partial charge in [0.15, 0.2) is 0 Å². The van der Waals surface area contributed by atoms with Crippen LogP contribution < -0.4 is 10.0 Å². The minimum absolute atomic E-state index is 0.111. The molecule has 2 rings (SSSR count). The summed E-state index contributed by atoms with van der Waals surface area (Å²) < 4.78 is 39.6. The molecule has 2 aromatic rings. The quantitative estimate of drug-likeness (QED) is 0.908. The topological polar surface area (TPSA) is 80.5 Å². The van der Waals surface area contributed by atoms with E-state index in [9.17, 15) is 17.6 Å². The Labute approximate surface area is 134 Å². The van der Waals surface area contributed by atoms with Crippen LogP contribution in [0.5, 0.6) is 0 Å². The molecule has 2 aromatic carbocycles. The lowest BCUT2D eigenvalue weighted by Crippen LogP contribution is -2.39. The summed E-state index contributed by atoms with van der Waals surface area (Å²) in [4.78, 5) is 11.2. The van der Waals surface area contributed by atoms with Crippen molar-refractivity contribution in [2.24, 2.45) is 5.73 Å². The first-order valence-electron chi connectivity index (χ1n) is 6.85. The van der Waals surface area contributed by atoms with Gasteiger partial charge in [-0.1, -0.05) is 17.7 Å². The van der Waals surface area contributed by atoms with Gasteiger partial charge in [0.1, 0.15) is 12.4 Å². The maximum atomic E-state index is 13.0. The number of hydrogen-bond donors (Lipinski definition) is 1. The van der Waals surface area contributed by atoms with Crippen LogP contribution in [-0.4, -0.2) is 20.9 Å². The second kappa shape index (κ2) is 6.37. The van der Waals surface area contributed by atoms with Crippen molar-refractivity contribution in [3.8, 4) is 0 Å². The van der Waals surface area contributed by atoms with Crippen LogP contribution in [0.2, 0.25) is 0 Å². The van der Waals surface area contributed by atoms with Gasteiger partial charge in [0.05, 0.1) is 10.6 Å². The average Bonchev–Trinajstić information content (AvgIpc) is 2.45. The van der Waals surface area contributed by atoms with Crippen molar-refractivity contribution in [2.45, 2.75) is 18.7 Å². The SMILES string of the molecule is Cc1ccc(N(CC(N)=O)S(=O)(=O)c2ccc(F)cc2)c(C)c1. The van der Waals surface area contributed by atoms with Gasteiger partial charge in [-0.15, -0.1) is 0 Å². The minimum atomic E-state index is -4.04. The Hall–Kier alpha value is -2.41. The van der Waals surface area contributed by atoms with Gasteiger partial charge in [0.2, 0.25) is 5.91 Å². The van der Waals surface area contributed by atoms with Crippen LogP contribution >= 0.6 is 0 Å². The van der Waals surface area contributed by atoms with E-state index >= 15 is 0 Å². The maximum Gasteiger partial charge on any atom is 0.264 e. The number of nitrogens with zero attached hydrogens (tertiary/aromatic N) is 1. The largest absolute Gasteiger partial charge is 0.368 e. The number of aryl methyl sites for hydroxylation is 2. The highest BCUT2D eigenvalue weighted by Gasteiger charge is 2.27. The molecule has 0 bridgehead atoms. The number of hydrogen-bond acceptors (Lipinski definition) is 3. The van der Waals surface area contributed by atoms with Crippen molar-refractivity contribution in [3.05, 3.63) is 59.4 Å². The fraction of sp³-hybridized carbons (Fsp3) is 0.188. The normalized spacial score (nSPS) is 11.3. The van der Waals surface area contributed by atoms with Crippen LogP contribution in [-0.2, 0) is 14.8 Å². The van der Waals surface area contributed by atoms with E-state index < -0.39 is 28.3 Å². The minimum Gasteiger partial charge on any atom is -0.368 e. The molecular formula is C16H17FN2O3S. The van der Waals surface area contributed by atoms with Crippen molar-refractivity contribution in [1.82, 2.24) is 0 Å². The number of rotatable bonds is 5. The van der Waals surface area contributed by atoms with Gasteiger partial charge in [-0.3, -0.25) is 9.10 Å².